The summed E-state index contributed by atoms with van der Waals surface area (Å²) >= 11 is 0. The third kappa shape index (κ3) is 9.80. The van der Waals surface area contributed by atoms with Gasteiger partial charge in [0.05, 0.1) is 0 Å². The lowest BCUT2D eigenvalue weighted by atomic mass is 9.86. The minimum absolute atomic E-state index is 0.0597. The third-order valence-corrected chi connectivity index (χ3v) is 4.87. The Labute approximate surface area is 196 Å². The van der Waals surface area contributed by atoms with Crippen LogP contribution in [0.25, 0.3) is 0 Å². The number of aliphatic carboxylic acids is 1. The number of halogens is 1. The maximum Gasteiger partial charge on any atom is 0.410 e. The van der Waals surface area contributed by atoms with Gasteiger partial charge in [-0.3, -0.25) is 4.90 Å². The molecule has 1 unspecified atom stereocenters. The molecular weight excluding hydrogens is 429 g/mol. The fraction of sp³-hybridized carbons (Fsp3) is 0.640. The van der Waals surface area contributed by atoms with Gasteiger partial charge in [-0.15, -0.1) is 0 Å². The number of carbonyl (C=O) groups is 3. The minimum Gasteiger partial charge on any atom is -0.478 e. The Morgan fingerprint density at radius 3 is 1.91 bits per heavy atom. The van der Waals surface area contributed by atoms with Gasteiger partial charge < -0.3 is 14.6 Å². The second-order valence-electron chi connectivity index (χ2n) is 10.9. The summed E-state index contributed by atoms with van der Waals surface area (Å²) in [6.45, 7) is 13.7. The summed E-state index contributed by atoms with van der Waals surface area (Å²) in [5, 5.41) is 9.63. The van der Waals surface area contributed by atoms with Crippen LogP contribution in [0.4, 0.5) is 9.18 Å². The monoisotopic (exact) mass is 467 g/mol. The molecule has 0 saturated carbocycles. The average molecular weight is 468 g/mol. The summed E-state index contributed by atoms with van der Waals surface area (Å²) in [4.78, 5) is 38.2. The van der Waals surface area contributed by atoms with Gasteiger partial charge in [-0.05, 0) is 51.2 Å². The number of amides is 1. The highest BCUT2D eigenvalue weighted by molar-refractivity contribution is 5.84. The van der Waals surface area contributed by atoms with E-state index in [1.54, 1.807) is 32.9 Å². The molecule has 0 aliphatic rings. The first-order valence-corrected chi connectivity index (χ1v) is 11.0. The van der Waals surface area contributed by atoms with Crippen molar-refractivity contribution < 1.29 is 33.4 Å². The Bertz CT molecular complexity index is 830. The zero-order valence-corrected chi connectivity index (χ0v) is 21.2. The lowest BCUT2D eigenvalue weighted by Gasteiger charge is -2.32. The number of carbonyl (C=O) groups excluding carboxylic acids is 2. The van der Waals surface area contributed by atoms with Crippen molar-refractivity contribution in [3.05, 3.63) is 35.4 Å². The predicted molar refractivity (Wildman–Crippen MR) is 124 cm³/mol. The van der Waals surface area contributed by atoms with Crippen LogP contribution in [0.1, 0.15) is 72.9 Å². The van der Waals surface area contributed by atoms with Crippen LogP contribution in [0.3, 0.4) is 0 Å². The van der Waals surface area contributed by atoms with E-state index < -0.39 is 41.4 Å². The molecule has 0 spiro atoms. The number of nitrogens with zero attached hydrogens (tertiary/aromatic N) is 1. The highest BCUT2D eigenvalue weighted by Crippen LogP contribution is 2.24. The van der Waals surface area contributed by atoms with Crippen LogP contribution < -0.4 is 0 Å². The first kappa shape index (κ1) is 28.4. The Hall–Kier alpha value is -2.64. The van der Waals surface area contributed by atoms with E-state index >= 15 is 0 Å². The van der Waals surface area contributed by atoms with E-state index in [-0.39, 0.29) is 18.3 Å². The van der Waals surface area contributed by atoms with Crippen LogP contribution in [0.15, 0.2) is 24.3 Å². The maximum atomic E-state index is 14.4. The standard InChI is InChI=1S/C25H38FNO6/c1-23(2,3)17-12-10-16(11-13-17)14-19(20(28)29)32-21(30)18(15-25(7,8)26)27(9)22(31)33-24(4,5)6/h10-13,18-19H,14-15H2,1-9H3,(H,28,29)/t18-,19?/m0/s1. The summed E-state index contributed by atoms with van der Waals surface area (Å²) in [5.41, 5.74) is -0.948. The van der Waals surface area contributed by atoms with Crippen molar-refractivity contribution in [2.24, 2.45) is 0 Å². The van der Waals surface area contributed by atoms with Gasteiger partial charge in [-0.25, -0.2) is 18.8 Å². The van der Waals surface area contributed by atoms with Gasteiger partial charge in [0.15, 0.2) is 0 Å². The Morgan fingerprint density at radius 2 is 1.52 bits per heavy atom. The second-order valence-corrected chi connectivity index (χ2v) is 10.9. The molecule has 7 nitrogen and oxygen atoms in total. The van der Waals surface area contributed by atoms with E-state index in [2.05, 4.69) is 20.8 Å². The first-order valence-electron chi connectivity index (χ1n) is 11.0. The summed E-state index contributed by atoms with van der Waals surface area (Å²) in [5.74, 6) is -2.34. The molecule has 0 bridgehead atoms. The Kier molecular flexibility index (Phi) is 9.06. The molecule has 2 atom stereocenters. The molecule has 0 aliphatic carbocycles. The number of hydrogen-bond acceptors (Lipinski definition) is 5. The third-order valence-electron chi connectivity index (χ3n) is 4.87. The number of likely N-dealkylation sites (N-methyl/N-ethyl adjacent to an activating group) is 1. The van der Waals surface area contributed by atoms with E-state index in [1.165, 1.54) is 20.9 Å². The Morgan fingerprint density at radius 1 is 1.00 bits per heavy atom. The molecule has 1 aromatic rings. The van der Waals surface area contributed by atoms with Crippen molar-refractivity contribution in [3.63, 3.8) is 0 Å². The van der Waals surface area contributed by atoms with Crippen molar-refractivity contribution in [1.29, 1.82) is 0 Å². The number of carboxylic acids is 1. The summed E-state index contributed by atoms with van der Waals surface area (Å²) in [6.07, 6.45) is -2.77. The molecule has 1 aromatic carbocycles. The van der Waals surface area contributed by atoms with Gasteiger partial charge in [0.1, 0.15) is 17.3 Å². The van der Waals surface area contributed by atoms with E-state index in [9.17, 15) is 23.9 Å². The number of carboxylic acid groups (broad SMARTS) is 1. The van der Waals surface area contributed by atoms with Gasteiger partial charge in [0, 0.05) is 19.9 Å². The van der Waals surface area contributed by atoms with Crippen LogP contribution in [-0.4, -0.2) is 58.5 Å². The molecule has 0 aromatic heterocycles. The van der Waals surface area contributed by atoms with Crippen molar-refractivity contribution in [1.82, 2.24) is 4.90 Å². The van der Waals surface area contributed by atoms with Crippen molar-refractivity contribution in [2.75, 3.05) is 7.05 Å². The van der Waals surface area contributed by atoms with Crippen LogP contribution in [-0.2, 0) is 30.9 Å². The molecular formula is C25H38FNO6. The van der Waals surface area contributed by atoms with Crippen molar-refractivity contribution >= 4 is 18.0 Å². The summed E-state index contributed by atoms with van der Waals surface area (Å²) in [7, 11) is 1.30. The number of hydrogen-bond donors (Lipinski definition) is 1. The van der Waals surface area contributed by atoms with Crippen LogP contribution in [0.2, 0.25) is 0 Å². The van der Waals surface area contributed by atoms with Crippen LogP contribution in [0, 0.1) is 0 Å². The summed E-state index contributed by atoms with van der Waals surface area (Å²) in [6, 6.07) is 6.03. The molecule has 0 aliphatic heterocycles. The Balaban J connectivity index is 3.07. The maximum absolute atomic E-state index is 14.4. The molecule has 1 amide bonds. The van der Waals surface area contributed by atoms with Gasteiger partial charge in [-0.1, -0.05) is 45.0 Å². The SMILES string of the molecule is CN(C(=O)OC(C)(C)C)[C@@H](CC(C)(C)F)C(=O)OC(Cc1ccc(C(C)(C)C)cc1)C(=O)O. The lowest BCUT2D eigenvalue weighted by Crippen LogP contribution is -2.49. The van der Waals surface area contributed by atoms with Gasteiger partial charge in [0.2, 0.25) is 6.10 Å². The number of rotatable bonds is 8. The zero-order chi connectivity index (χ0) is 25.8. The van der Waals surface area contributed by atoms with Gasteiger partial charge in [-0.2, -0.15) is 0 Å². The number of esters is 1. The molecule has 33 heavy (non-hydrogen) atoms. The second kappa shape index (κ2) is 10.5. The molecule has 186 valence electrons. The molecule has 0 saturated heterocycles. The molecule has 1 rings (SSSR count). The average Bonchev–Trinajstić information content (AvgIpc) is 2.62. The number of ether oxygens (including phenoxy) is 2. The fourth-order valence-electron chi connectivity index (χ4n) is 3.05. The number of alkyl halides is 1. The summed E-state index contributed by atoms with van der Waals surface area (Å²) < 4.78 is 25.0. The normalized spacial score (nSPS) is 14.2. The quantitative estimate of drug-likeness (QED) is 0.547. The zero-order valence-electron chi connectivity index (χ0n) is 21.2. The van der Waals surface area contributed by atoms with E-state index in [0.717, 1.165) is 10.5 Å². The topological polar surface area (TPSA) is 93.1 Å². The largest absolute Gasteiger partial charge is 0.478 e. The van der Waals surface area contributed by atoms with Crippen molar-refractivity contribution in [3.8, 4) is 0 Å². The van der Waals surface area contributed by atoms with E-state index in [4.69, 9.17) is 9.47 Å². The van der Waals surface area contributed by atoms with Crippen molar-refractivity contribution in [2.45, 2.75) is 97.1 Å². The minimum atomic E-state index is -1.82. The highest BCUT2D eigenvalue weighted by atomic mass is 19.1. The molecule has 0 radical (unpaired) electrons. The number of benzene rings is 1. The first-order chi connectivity index (χ1) is 14.8. The fourth-order valence-corrected chi connectivity index (χ4v) is 3.05. The van der Waals surface area contributed by atoms with Crippen LogP contribution in [0.5, 0.6) is 0 Å². The highest BCUT2D eigenvalue weighted by Gasteiger charge is 2.38. The van der Waals surface area contributed by atoms with Crippen LogP contribution >= 0.6 is 0 Å². The molecule has 0 heterocycles. The van der Waals surface area contributed by atoms with E-state index in [0.29, 0.717) is 5.56 Å². The molecule has 8 heteroatoms. The smallest absolute Gasteiger partial charge is 0.410 e. The lowest BCUT2D eigenvalue weighted by molar-refractivity contribution is -0.168. The van der Waals surface area contributed by atoms with E-state index in [1.807, 2.05) is 12.1 Å². The molecule has 1 N–H and O–H groups in total. The predicted octanol–water partition coefficient (Wildman–Crippen LogP) is 4.90. The van der Waals surface area contributed by atoms with Gasteiger partial charge >= 0.3 is 18.0 Å². The molecule has 0 fully saturated rings. The van der Waals surface area contributed by atoms with Gasteiger partial charge in [0.25, 0.3) is 0 Å².